The average molecular weight is 383 g/mol. The van der Waals surface area contributed by atoms with Crippen LogP contribution in [-0.2, 0) is 16.7 Å². The van der Waals surface area contributed by atoms with Crippen LogP contribution >= 0.6 is 0 Å². The molecule has 2 heterocycles. The SMILES string of the molecule is [B]C([B])(OC([B])([B])C([B])([B])[B])c1nc2c(N)nc3ccccc3c2n1CC(C)(C)O. The van der Waals surface area contributed by atoms with Crippen molar-refractivity contribution in [3.05, 3.63) is 30.1 Å². The monoisotopic (exact) mass is 384 g/mol. The highest BCUT2D eigenvalue weighted by Gasteiger charge is 2.39. The van der Waals surface area contributed by atoms with Gasteiger partial charge in [-0.15, -0.1) is 5.11 Å². The van der Waals surface area contributed by atoms with Gasteiger partial charge in [0.1, 0.15) is 27.0 Å². The molecular formula is C17H15B7N4O2. The number of anilines is 1. The molecule has 0 amide bonds. The summed E-state index contributed by atoms with van der Waals surface area (Å²) in [4.78, 5) is 8.80. The fraction of sp³-hybridized carbons (Fsp3) is 0.412. The Morgan fingerprint density at radius 1 is 1.03 bits per heavy atom. The minimum atomic E-state index is -2.33. The summed E-state index contributed by atoms with van der Waals surface area (Å²) in [6, 6.07) is 7.26. The maximum Gasteiger partial charge on any atom is 0.152 e. The van der Waals surface area contributed by atoms with Gasteiger partial charge in [-0.25, -0.2) is 9.97 Å². The van der Waals surface area contributed by atoms with E-state index in [2.05, 4.69) is 9.97 Å². The van der Waals surface area contributed by atoms with Crippen LogP contribution in [0.4, 0.5) is 5.82 Å². The van der Waals surface area contributed by atoms with Crippen LogP contribution in [-0.4, -0.2) is 85.6 Å². The number of aromatic nitrogens is 3. The molecule has 0 unspecified atom stereocenters. The molecule has 0 aliphatic carbocycles. The van der Waals surface area contributed by atoms with Crippen LogP contribution in [0.5, 0.6) is 0 Å². The summed E-state index contributed by atoms with van der Waals surface area (Å²) in [6.45, 7) is 3.23. The minimum absolute atomic E-state index is 0.0208. The first-order valence-corrected chi connectivity index (χ1v) is 9.03. The summed E-state index contributed by atoms with van der Waals surface area (Å²) >= 11 is 0. The number of benzene rings is 1. The van der Waals surface area contributed by atoms with E-state index in [1.807, 2.05) is 18.2 Å². The predicted octanol–water partition coefficient (Wildman–Crippen LogP) is -1.03. The maximum atomic E-state index is 10.5. The van der Waals surface area contributed by atoms with Crippen molar-refractivity contribution >= 4 is 82.7 Å². The molecule has 0 saturated carbocycles. The summed E-state index contributed by atoms with van der Waals surface area (Å²) < 4.78 is 6.99. The van der Waals surface area contributed by atoms with Crippen molar-refractivity contribution in [2.45, 2.75) is 41.9 Å². The molecule has 2 aromatic heterocycles. The third-order valence-corrected chi connectivity index (χ3v) is 4.52. The molecule has 3 rings (SSSR count). The second-order valence-electron chi connectivity index (χ2n) is 8.17. The van der Waals surface area contributed by atoms with Gasteiger partial charge in [-0.2, -0.15) is 0 Å². The topological polar surface area (TPSA) is 86.2 Å². The van der Waals surface area contributed by atoms with E-state index in [1.54, 1.807) is 24.5 Å². The number of ether oxygens (including phenoxy) is 1. The molecule has 6 nitrogen and oxygen atoms in total. The second kappa shape index (κ2) is 7.16. The highest BCUT2D eigenvalue weighted by molar-refractivity contribution is 6.67. The normalized spacial score (nSPS) is 13.8. The van der Waals surface area contributed by atoms with Crippen LogP contribution in [0.1, 0.15) is 19.7 Å². The number of nitrogens with two attached hydrogens (primary N) is 1. The van der Waals surface area contributed by atoms with Crippen molar-refractivity contribution < 1.29 is 9.84 Å². The highest BCUT2D eigenvalue weighted by Crippen LogP contribution is 2.36. The molecule has 0 atom stereocenters. The largest absolute Gasteiger partial charge is 0.401 e. The molecule has 3 N–H and O–H groups in total. The van der Waals surface area contributed by atoms with E-state index >= 15 is 0 Å². The molecule has 0 fully saturated rings. The molecule has 0 bridgehead atoms. The number of imidazole rings is 1. The zero-order valence-electron chi connectivity index (χ0n) is 16.8. The molecular weight excluding hydrogens is 368 g/mol. The molecule has 136 valence electrons. The van der Waals surface area contributed by atoms with Gasteiger partial charge in [0.2, 0.25) is 0 Å². The van der Waals surface area contributed by atoms with Crippen molar-refractivity contribution in [3.63, 3.8) is 0 Å². The zero-order valence-corrected chi connectivity index (χ0v) is 16.8. The van der Waals surface area contributed by atoms with Crippen LogP contribution in [0, 0.1) is 0 Å². The molecule has 0 spiro atoms. The lowest BCUT2D eigenvalue weighted by atomic mass is 9.27. The van der Waals surface area contributed by atoms with Crippen molar-refractivity contribution in [1.29, 1.82) is 0 Å². The van der Waals surface area contributed by atoms with Crippen LogP contribution in [0.3, 0.4) is 0 Å². The molecule has 1 aromatic carbocycles. The minimum Gasteiger partial charge on any atom is -0.401 e. The predicted molar refractivity (Wildman–Crippen MR) is 124 cm³/mol. The van der Waals surface area contributed by atoms with Crippen LogP contribution in [0.15, 0.2) is 24.3 Å². The van der Waals surface area contributed by atoms with Gasteiger partial charge in [-0.05, 0) is 25.3 Å². The van der Waals surface area contributed by atoms with E-state index < -0.39 is 21.5 Å². The van der Waals surface area contributed by atoms with E-state index in [1.165, 1.54) is 0 Å². The van der Waals surface area contributed by atoms with E-state index in [-0.39, 0.29) is 18.2 Å². The van der Waals surface area contributed by atoms with E-state index in [0.29, 0.717) is 21.9 Å². The number of nitrogens with zero attached hydrogens (tertiary/aromatic N) is 3. The van der Waals surface area contributed by atoms with E-state index in [9.17, 15) is 5.11 Å². The quantitative estimate of drug-likeness (QED) is 0.532. The number of pyridine rings is 1. The number of hydrogen-bond donors (Lipinski definition) is 2. The summed E-state index contributed by atoms with van der Waals surface area (Å²) in [5.41, 5.74) is 6.39. The lowest BCUT2D eigenvalue weighted by Gasteiger charge is -2.47. The first-order valence-electron chi connectivity index (χ1n) is 9.03. The molecule has 0 aliphatic rings. The van der Waals surface area contributed by atoms with Gasteiger partial charge in [-0.1, -0.05) is 18.2 Å². The van der Waals surface area contributed by atoms with Gasteiger partial charge < -0.3 is 20.1 Å². The number of nitrogen functional groups attached to an aromatic ring is 1. The molecule has 0 aliphatic heterocycles. The lowest BCUT2D eigenvalue weighted by Crippen LogP contribution is -2.54. The number of aliphatic hydroxyl groups is 1. The Balaban J connectivity index is 2.32. The zero-order chi connectivity index (χ0) is 22.7. The second-order valence-corrected chi connectivity index (χ2v) is 8.17. The van der Waals surface area contributed by atoms with Crippen molar-refractivity contribution in [2.75, 3.05) is 5.73 Å². The van der Waals surface area contributed by atoms with Gasteiger partial charge in [0, 0.05) is 10.8 Å². The Hall–Kier alpha value is -1.73. The Labute approximate surface area is 185 Å². The van der Waals surface area contributed by atoms with Gasteiger partial charge >= 0.3 is 0 Å². The third kappa shape index (κ3) is 4.19. The maximum absolute atomic E-state index is 10.5. The Bertz CT molecular complexity index is 1100. The molecule has 3 aromatic rings. The fourth-order valence-electron chi connectivity index (χ4n) is 3.11. The molecule has 0 saturated heterocycles. The van der Waals surface area contributed by atoms with E-state index in [4.69, 9.17) is 65.4 Å². The highest BCUT2D eigenvalue weighted by atomic mass is 16.5. The van der Waals surface area contributed by atoms with Gasteiger partial charge in [-0.3, -0.25) is 0 Å². The summed E-state index contributed by atoms with van der Waals surface area (Å²) in [6.07, 6.45) is 0. The summed E-state index contributed by atoms with van der Waals surface area (Å²) in [5, 5.41) is 4.49. The lowest BCUT2D eigenvalue weighted by molar-refractivity contribution is 0.0133. The summed E-state index contributed by atoms with van der Waals surface area (Å²) in [5.74, 6) is 0.0850. The third-order valence-electron chi connectivity index (χ3n) is 4.52. The van der Waals surface area contributed by atoms with E-state index in [0.717, 1.165) is 0 Å². The Morgan fingerprint density at radius 3 is 2.20 bits per heavy atom. The smallest absolute Gasteiger partial charge is 0.152 e. The first-order chi connectivity index (χ1) is 13.5. The van der Waals surface area contributed by atoms with Crippen molar-refractivity contribution in [1.82, 2.24) is 14.5 Å². The number of fused-ring (bicyclic) bond motifs is 3. The average Bonchev–Trinajstić information content (AvgIpc) is 2.92. The number of rotatable bonds is 6. The van der Waals surface area contributed by atoms with Crippen LogP contribution in [0.2, 0.25) is 5.11 Å². The molecule has 14 radical (unpaired) electrons. The number of hydrogen-bond acceptors (Lipinski definition) is 5. The summed E-state index contributed by atoms with van der Waals surface area (Å²) in [7, 11) is 40.8. The van der Waals surface area contributed by atoms with Crippen molar-refractivity contribution in [3.8, 4) is 0 Å². The van der Waals surface area contributed by atoms with Gasteiger partial charge in [0.25, 0.3) is 0 Å². The molecule has 30 heavy (non-hydrogen) atoms. The van der Waals surface area contributed by atoms with Gasteiger partial charge in [0.15, 0.2) is 5.82 Å². The van der Waals surface area contributed by atoms with Crippen LogP contribution in [0.25, 0.3) is 21.9 Å². The molecule has 13 heteroatoms. The van der Waals surface area contributed by atoms with Crippen molar-refractivity contribution in [2.24, 2.45) is 0 Å². The van der Waals surface area contributed by atoms with Crippen LogP contribution < -0.4 is 5.73 Å². The first kappa shape index (κ1) is 22.9. The Morgan fingerprint density at radius 2 is 1.63 bits per heavy atom. The van der Waals surface area contributed by atoms with Gasteiger partial charge in [0.05, 0.1) is 62.4 Å². The standard InChI is InChI=1S/C17H15B7N4O2/c1-14(2,29)7-28-11-8-5-3-4-6-9(8)26-12(25)10(11)27-13(28)15(18,19)30-17(23,24)16(20,21)22/h3-6,29H,7H2,1-2H3,(H2,25,26). The fourth-order valence-corrected chi connectivity index (χ4v) is 3.11. The Kier molecular flexibility index (Phi) is 5.48. The number of para-hydroxylation sites is 1.